The zero-order valence-electron chi connectivity index (χ0n) is 72.5. The molecule has 0 aliphatic rings. The Balaban J connectivity index is 0.000000106. The number of fused-ring (bicyclic) bond motifs is 15. The van der Waals surface area contributed by atoms with Crippen molar-refractivity contribution >= 4 is 162 Å². The molecule has 0 bridgehead atoms. The van der Waals surface area contributed by atoms with Crippen LogP contribution in [0.4, 0.5) is 0 Å². The first-order chi connectivity index (χ1) is 65.5. The first kappa shape index (κ1) is 77.2. The van der Waals surface area contributed by atoms with Crippen molar-refractivity contribution in [2.75, 3.05) is 0 Å². The predicted molar refractivity (Wildman–Crippen MR) is 571 cm³/mol. The van der Waals surface area contributed by atoms with Crippen LogP contribution in [0.3, 0.4) is 0 Å². The second-order valence-corrected chi connectivity index (χ2v) is 35.0. The molecule has 27 aromatic rings. The molecule has 0 saturated heterocycles. The molecule has 0 aromatic heterocycles. The fourth-order valence-corrected chi connectivity index (χ4v) is 21.7. The summed E-state index contributed by atoms with van der Waals surface area (Å²) >= 11 is 0. The van der Waals surface area contributed by atoms with Gasteiger partial charge in [-0.15, -0.1) is 0 Å². The summed E-state index contributed by atoms with van der Waals surface area (Å²) < 4.78 is 0. The molecule has 0 radical (unpaired) electrons. The van der Waals surface area contributed by atoms with Crippen LogP contribution in [0.5, 0.6) is 0 Å². The summed E-state index contributed by atoms with van der Waals surface area (Å²) in [4.78, 5) is 0. The van der Waals surface area contributed by atoms with E-state index in [0.717, 1.165) is 0 Å². The third-order valence-corrected chi connectivity index (χ3v) is 27.7. The highest BCUT2D eigenvalue weighted by molar-refractivity contribution is 6.30. The van der Waals surface area contributed by atoms with Crippen LogP contribution in [-0.4, -0.2) is 0 Å². The van der Waals surface area contributed by atoms with E-state index in [-0.39, 0.29) is 0 Å². The summed E-state index contributed by atoms with van der Waals surface area (Å²) in [6.45, 7) is 0. The normalized spacial score (nSPS) is 11.6. The second-order valence-electron chi connectivity index (χ2n) is 35.0. The smallest absolute Gasteiger partial charge is 0.00199 e. The summed E-state index contributed by atoms with van der Waals surface area (Å²) in [6, 6.07) is 187. The Morgan fingerprint density at radius 2 is 0.265 bits per heavy atom. The fraction of sp³-hybridized carbons (Fsp3) is 0. The lowest BCUT2D eigenvalue weighted by atomic mass is 9.83. The highest BCUT2D eigenvalue weighted by Gasteiger charge is 2.25. The zero-order chi connectivity index (χ0) is 87.1. The molecular formula is C132H84. The van der Waals surface area contributed by atoms with Crippen molar-refractivity contribution in [3.63, 3.8) is 0 Å². The van der Waals surface area contributed by atoms with Crippen molar-refractivity contribution in [2.24, 2.45) is 0 Å². The summed E-state index contributed by atoms with van der Waals surface area (Å²) in [7, 11) is 0. The van der Waals surface area contributed by atoms with Crippen LogP contribution in [0.1, 0.15) is 0 Å². The van der Waals surface area contributed by atoms with Crippen LogP contribution in [-0.2, 0) is 0 Å². The topological polar surface area (TPSA) is 0 Å². The van der Waals surface area contributed by atoms with E-state index in [0.29, 0.717) is 0 Å². The van der Waals surface area contributed by atoms with Crippen molar-refractivity contribution in [1.29, 1.82) is 0 Å². The van der Waals surface area contributed by atoms with E-state index in [2.05, 4.69) is 510 Å². The molecule has 0 atom stereocenters. The van der Waals surface area contributed by atoms with Crippen LogP contribution < -0.4 is 0 Å². The molecule has 27 rings (SSSR count). The maximum atomic E-state index is 2.41. The van der Waals surface area contributed by atoms with Crippen LogP contribution in [0.25, 0.3) is 262 Å². The van der Waals surface area contributed by atoms with Crippen LogP contribution in [0.2, 0.25) is 0 Å². The summed E-state index contributed by atoms with van der Waals surface area (Å²) in [5.41, 5.74) is 22.9. The average Bonchev–Trinajstić information content (AvgIpc) is 0.728. The lowest BCUT2D eigenvalue weighted by Crippen LogP contribution is -1.93. The van der Waals surface area contributed by atoms with Crippen molar-refractivity contribution in [2.45, 2.75) is 0 Å². The first-order valence-corrected chi connectivity index (χ1v) is 45.8. The van der Waals surface area contributed by atoms with Crippen molar-refractivity contribution in [3.8, 4) is 100 Å². The van der Waals surface area contributed by atoms with Gasteiger partial charge in [-0.2, -0.15) is 0 Å². The lowest BCUT2D eigenvalue weighted by molar-refractivity contribution is 1.65. The van der Waals surface area contributed by atoms with Crippen molar-refractivity contribution in [3.05, 3.63) is 510 Å². The van der Waals surface area contributed by atoms with E-state index >= 15 is 0 Å². The van der Waals surface area contributed by atoms with Gasteiger partial charge in [0.25, 0.3) is 0 Å². The molecule has 0 aliphatic heterocycles. The quantitative estimate of drug-likeness (QED) is 0.126. The van der Waals surface area contributed by atoms with Gasteiger partial charge in [0.1, 0.15) is 0 Å². The van der Waals surface area contributed by atoms with Crippen LogP contribution in [0, 0.1) is 0 Å². The molecule has 0 heteroatoms. The summed E-state index contributed by atoms with van der Waals surface area (Å²) in [6.07, 6.45) is 0. The Hall–Kier alpha value is -17.2. The van der Waals surface area contributed by atoms with Gasteiger partial charge in [-0.05, 0) is 298 Å². The molecule has 0 saturated carbocycles. The second kappa shape index (κ2) is 32.6. The zero-order valence-corrected chi connectivity index (χ0v) is 72.5. The van der Waals surface area contributed by atoms with Crippen LogP contribution in [0.15, 0.2) is 510 Å². The molecule has 0 spiro atoms. The van der Waals surface area contributed by atoms with E-state index in [4.69, 9.17) is 0 Å². The maximum Gasteiger partial charge on any atom is -0.00199 e. The minimum Gasteiger partial charge on any atom is -0.0616 e. The van der Waals surface area contributed by atoms with Crippen molar-refractivity contribution in [1.82, 2.24) is 0 Å². The van der Waals surface area contributed by atoms with Gasteiger partial charge in [-0.25, -0.2) is 0 Å². The van der Waals surface area contributed by atoms with Gasteiger partial charge in [0, 0.05) is 0 Å². The van der Waals surface area contributed by atoms with E-state index in [1.807, 2.05) is 0 Å². The van der Waals surface area contributed by atoms with E-state index in [1.165, 1.54) is 262 Å². The van der Waals surface area contributed by atoms with Gasteiger partial charge in [-0.3, -0.25) is 0 Å². The Kier molecular flexibility index (Phi) is 19.1. The Morgan fingerprint density at radius 1 is 0.0758 bits per heavy atom. The van der Waals surface area contributed by atoms with E-state index < -0.39 is 0 Å². The fourth-order valence-electron chi connectivity index (χ4n) is 21.7. The third-order valence-electron chi connectivity index (χ3n) is 27.7. The molecule has 0 heterocycles. The molecule has 0 aliphatic carbocycles. The van der Waals surface area contributed by atoms with Gasteiger partial charge >= 0.3 is 0 Å². The largest absolute Gasteiger partial charge is 0.0616 e. The molecule has 0 amide bonds. The first-order valence-electron chi connectivity index (χ1n) is 45.8. The molecular weight excluding hydrogens is 1590 g/mol. The molecule has 612 valence electrons. The SMILES string of the molecule is c1ccc2cc(-c3cc(-c4c5ccccc5c(-c5cccc6ccccc56)c5ccccc45)c4ccccc4c3)ccc2c1.c1ccc2cc(-c3ccc(-c4c5ccccc5c(-c5cccc6ccccc56)c5ccccc45)c4ccccc34)ccc2c1.c1ccc2cc(-c3ccc4c(-c5c6ccccc6c(-c6cccc7ccccc67)c6ccccc56)cccc4c3)ccc2c1. The van der Waals surface area contributed by atoms with Gasteiger partial charge in [0.05, 0.1) is 0 Å². The number of benzene rings is 27. The molecule has 0 nitrogen and oxygen atoms in total. The Labute approximate surface area is 765 Å². The van der Waals surface area contributed by atoms with Gasteiger partial charge < -0.3 is 0 Å². The monoisotopic (exact) mass is 1670 g/mol. The maximum absolute atomic E-state index is 2.41. The standard InChI is InChI=1S/3C44H28/c1-2-14-31-26-32(25-24-29(31)12-1)34-27-33-15-4-6-18-36(33)42(28-34)44-40-21-9-7-19-38(40)43(39-20-8-10-22-41(39)44)37-23-11-16-30-13-3-5-17-35(30)37;1-2-13-31-27-32(24-23-29(31)11-1)33-25-26-36-34(28-33)15-10-22-38(36)44-41-19-7-5-17-39(41)43(40-18-6-8-20-42(40)44)37-21-9-14-30-12-3-4-16-35(30)37;1-2-14-31-28-32(25-24-29(31)12-1)34-26-27-42(36-18-6-5-17-35(34)36)44-40-21-9-7-19-38(40)43(39-20-8-10-22-41(39)44)37-23-11-15-30-13-3-4-16-33(30)37/h3*1-28H. The Bertz CT molecular complexity index is 9140. The highest BCUT2D eigenvalue weighted by Crippen LogP contribution is 2.53. The van der Waals surface area contributed by atoms with E-state index in [9.17, 15) is 0 Å². The number of hydrogen-bond acceptors (Lipinski definition) is 0. The summed E-state index contributed by atoms with van der Waals surface area (Å²) in [5.74, 6) is 0. The van der Waals surface area contributed by atoms with Gasteiger partial charge in [0.2, 0.25) is 0 Å². The molecule has 27 aromatic carbocycles. The molecule has 0 unspecified atom stereocenters. The summed E-state index contributed by atoms with van der Waals surface area (Å²) in [5, 5.41) is 38.1. The minimum atomic E-state index is 1.23. The molecule has 132 heavy (non-hydrogen) atoms. The van der Waals surface area contributed by atoms with Gasteiger partial charge in [-0.1, -0.05) is 473 Å². The minimum absolute atomic E-state index is 1.23. The van der Waals surface area contributed by atoms with Gasteiger partial charge in [0.15, 0.2) is 0 Å². The molecule has 0 fully saturated rings. The van der Waals surface area contributed by atoms with E-state index in [1.54, 1.807) is 0 Å². The number of rotatable bonds is 9. The predicted octanol–water partition coefficient (Wildman–Crippen LogP) is 37.4. The molecule has 0 N–H and O–H groups in total. The average molecular weight is 1670 g/mol. The Morgan fingerprint density at radius 3 is 0.606 bits per heavy atom. The van der Waals surface area contributed by atoms with Crippen molar-refractivity contribution < 1.29 is 0 Å². The lowest BCUT2D eigenvalue weighted by Gasteiger charge is -2.20. The van der Waals surface area contributed by atoms with Crippen LogP contribution >= 0.6 is 0 Å². The number of hydrogen-bond donors (Lipinski definition) is 0. The third kappa shape index (κ3) is 13.3. The highest BCUT2D eigenvalue weighted by atomic mass is 14.3.